The summed E-state index contributed by atoms with van der Waals surface area (Å²) < 4.78 is 0. The SMILES string of the molecule is CC(C)(C)N1CCC(N/C=C(\N)[C@@H](Nc2cc(Cl)c3ncc(C#N)c(Nc4ccc(Cl)c(Cl)c4)c3c2)c2cscn2)CC1. The maximum atomic E-state index is 9.89. The van der Waals surface area contributed by atoms with Crippen molar-refractivity contribution in [3.05, 3.63) is 85.6 Å². The van der Waals surface area contributed by atoms with Crippen molar-refractivity contribution >= 4 is 74.1 Å². The van der Waals surface area contributed by atoms with Gasteiger partial charge in [0.25, 0.3) is 0 Å². The van der Waals surface area contributed by atoms with Gasteiger partial charge in [-0.1, -0.05) is 34.8 Å². The van der Waals surface area contributed by atoms with Gasteiger partial charge in [-0.15, -0.1) is 11.3 Å². The number of halogens is 3. The average molecular weight is 656 g/mol. The number of nitrogens with one attached hydrogen (secondary N) is 3. The third-order valence-corrected chi connectivity index (χ3v) is 9.19. The van der Waals surface area contributed by atoms with Crippen LogP contribution in [-0.2, 0) is 0 Å². The molecule has 5 rings (SSSR count). The van der Waals surface area contributed by atoms with Crippen LogP contribution in [0.1, 0.15) is 50.9 Å². The van der Waals surface area contributed by atoms with Crippen molar-refractivity contribution in [1.29, 1.82) is 5.26 Å². The molecule has 2 aromatic carbocycles. The molecule has 0 bridgehead atoms. The predicted molar refractivity (Wildman–Crippen MR) is 179 cm³/mol. The monoisotopic (exact) mass is 654 g/mol. The second-order valence-electron chi connectivity index (χ2n) is 11.5. The lowest BCUT2D eigenvalue weighted by atomic mass is 9.98. The first-order valence-corrected chi connectivity index (χ1v) is 16.0. The highest BCUT2D eigenvalue weighted by Crippen LogP contribution is 2.37. The van der Waals surface area contributed by atoms with E-state index < -0.39 is 6.04 Å². The minimum atomic E-state index is -0.416. The first kappa shape index (κ1) is 31.2. The number of aromatic nitrogens is 2. The Kier molecular flexibility index (Phi) is 9.54. The van der Waals surface area contributed by atoms with Gasteiger partial charge in [-0.3, -0.25) is 9.88 Å². The number of nitrogens with two attached hydrogens (primary N) is 1. The van der Waals surface area contributed by atoms with Gasteiger partial charge in [-0.25, -0.2) is 4.98 Å². The van der Waals surface area contributed by atoms with Crippen molar-refractivity contribution in [3.63, 3.8) is 0 Å². The van der Waals surface area contributed by atoms with Crippen LogP contribution < -0.4 is 21.7 Å². The van der Waals surface area contributed by atoms with E-state index in [2.05, 4.69) is 57.7 Å². The van der Waals surface area contributed by atoms with E-state index in [1.807, 2.05) is 17.6 Å². The number of piperidine rings is 1. The normalized spacial score (nSPS) is 15.7. The Morgan fingerprint density at radius 1 is 1.09 bits per heavy atom. The van der Waals surface area contributed by atoms with Crippen LogP contribution in [0, 0.1) is 11.3 Å². The number of fused-ring (bicyclic) bond motifs is 1. The zero-order valence-corrected chi connectivity index (χ0v) is 27.2. The number of pyridine rings is 1. The molecule has 1 saturated heterocycles. The smallest absolute Gasteiger partial charge is 0.111 e. The molecule has 2 aromatic heterocycles. The topological polar surface area (TPSA) is 115 Å². The molecule has 0 aliphatic carbocycles. The molecule has 43 heavy (non-hydrogen) atoms. The molecule has 224 valence electrons. The zero-order chi connectivity index (χ0) is 30.7. The second-order valence-corrected chi connectivity index (χ2v) is 13.4. The molecule has 1 atom stereocenters. The molecular formula is C31H33Cl3N8S. The van der Waals surface area contributed by atoms with Gasteiger partial charge in [0, 0.05) is 59.2 Å². The minimum absolute atomic E-state index is 0.168. The van der Waals surface area contributed by atoms with E-state index in [9.17, 15) is 5.26 Å². The number of thiazole rings is 1. The predicted octanol–water partition coefficient (Wildman–Crippen LogP) is 8.07. The first-order chi connectivity index (χ1) is 20.5. The summed E-state index contributed by atoms with van der Waals surface area (Å²) in [4.78, 5) is 11.5. The molecule has 1 fully saturated rings. The van der Waals surface area contributed by atoms with Gasteiger partial charge in [0.05, 0.1) is 48.7 Å². The van der Waals surface area contributed by atoms with Crippen LogP contribution in [0.25, 0.3) is 10.9 Å². The maximum absolute atomic E-state index is 9.89. The summed E-state index contributed by atoms with van der Waals surface area (Å²) in [7, 11) is 0. The fraction of sp³-hybridized carbons (Fsp3) is 0.323. The molecule has 1 aliphatic rings. The number of nitriles is 1. The molecule has 0 spiro atoms. The third-order valence-electron chi connectivity index (χ3n) is 7.56. The Bertz CT molecular complexity index is 1670. The molecule has 3 heterocycles. The summed E-state index contributed by atoms with van der Waals surface area (Å²) in [6, 6.07) is 11.0. The summed E-state index contributed by atoms with van der Waals surface area (Å²) in [5.74, 6) is 0. The van der Waals surface area contributed by atoms with Gasteiger partial charge in [0.15, 0.2) is 0 Å². The largest absolute Gasteiger partial charge is 0.399 e. The first-order valence-electron chi connectivity index (χ1n) is 13.9. The lowest BCUT2D eigenvalue weighted by Gasteiger charge is -2.41. The fourth-order valence-electron chi connectivity index (χ4n) is 5.15. The van der Waals surface area contributed by atoms with E-state index >= 15 is 0 Å². The number of hydrogen-bond acceptors (Lipinski definition) is 9. The van der Waals surface area contributed by atoms with Crippen LogP contribution >= 0.6 is 46.1 Å². The van der Waals surface area contributed by atoms with E-state index in [1.165, 1.54) is 17.5 Å². The number of rotatable bonds is 8. The molecule has 0 radical (unpaired) electrons. The minimum Gasteiger partial charge on any atom is -0.399 e. The van der Waals surface area contributed by atoms with Crippen LogP contribution in [0.15, 0.2) is 59.3 Å². The highest BCUT2D eigenvalue weighted by molar-refractivity contribution is 7.07. The van der Waals surface area contributed by atoms with Gasteiger partial charge in [0.1, 0.15) is 12.1 Å². The van der Waals surface area contributed by atoms with Crippen molar-refractivity contribution in [1.82, 2.24) is 20.2 Å². The Morgan fingerprint density at radius 3 is 2.49 bits per heavy atom. The highest BCUT2D eigenvalue weighted by atomic mass is 35.5. The third kappa shape index (κ3) is 7.28. The van der Waals surface area contributed by atoms with Crippen molar-refractivity contribution in [2.24, 2.45) is 5.73 Å². The van der Waals surface area contributed by atoms with Crippen LogP contribution in [0.2, 0.25) is 15.1 Å². The summed E-state index contributed by atoms with van der Waals surface area (Å²) in [5.41, 5.74) is 12.8. The van der Waals surface area contributed by atoms with E-state index in [0.29, 0.717) is 60.3 Å². The molecule has 0 amide bonds. The summed E-state index contributed by atoms with van der Waals surface area (Å²) in [6.07, 6.45) is 5.47. The zero-order valence-electron chi connectivity index (χ0n) is 24.1. The average Bonchev–Trinajstić information content (AvgIpc) is 3.51. The van der Waals surface area contributed by atoms with E-state index in [4.69, 9.17) is 40.5 Å². The standard InChI is InChI=1S/C31H33Cl3N8S/c1-31(2,3)42-8-6-19(7-9-42)37-15-26(36)30(27-16-43-17-39-27)41-21-10-22-28(40-20-4-5-23(32)24(33)11-20)18(13-35)14-38-29(22)25(34)12-21/h4-5,10-12,14-17,19,30,37,41H,6-9,36H2,1-3H3,(H,38,40)/b26-15-/t30-/m1/s1. The molecule has 4 aromatic rings. The molecule has 5 N–H and O–H groups in total. The van der Waals surface area contributed by atoms with Gasteiger partial charge < -0.3 is 21.7 Å². The van der Waals surface area contributed by atoms with E-state index in [-0.39, 0.29) is 5.54 Å². The van der Waals surface area contributed by atoms with Crippen LogP contribution in [0.4, 0.5) is 17.1 Å². The summed E-state index contributed by atoms with van der Waals surface area (Å²) in [6.45, 7) is 8.84. The highest BCUT2D eigenvalue weighted by Gasteiger charge is 2.27. The van der Waals surface area contributed by atoms with Crippen molar-refractivity contribution in [3.8, 4) is 6.07 Å². The van der Waals surface area contributed by atoms with E-state index in [1.54, 1.807) is 29.8 Å². The maximum Gasteiger partial charge on any atom is 0.111 e. The number of likely N-dealkylation sites (tertiary alicyclic amines) is 1. The van der Waals surface area contributed by atoms with Gasteiger partial charge in [0.2, 0.25) is 0 Å². The van der Waals surface area contributed by atoms with Crippen molar-refractivity contribution in [2.45, 2.75) is 51.2 Å². The van der Waals surface area contributed by atoms with Crippen LogP contribution in [0.5, 0.6) is 0 Å². The summed E-state index contributed by atoms with van der Waals surface area (Å²) in [5, 5.41) is 24.1. The Hall–Kier alpha value is -3.26. The van der Waals surface area contributed by atoms with Crippen molar-refractivity contribution in [2.75, 3.05) is 23.7 Å². The molecule has 8 nitrogen and oxygen atoms in total. The quantitative estimate of drug-likeness (QED) is 0.151. The van der Waals surface area contributed by atoms with Crippen molar-refractivity contribution < 1.29 is 0 Å². The number of hydrogen-bond donors (Lipinski definition) is 4. The summed E-state index contributed by atoms with van der Waals surface area (Å²) >= 11 is 20.6. The Labute approximate surface area is 270 Å². The second kappa shape index (κ2) is 13.2. The number of nitrogens with zero attached hydrogens (tertiary/aromatic N) is 4. The van der Waals surface area contributed by atoms with Gasteiger partial charge >= 0.3 is 0 Å². The van der Waals surface area contributed by atoms with Gasteiger partial charge in [-0.2, -0.15) is 5.26 Å². The van der Waals surface area contributed by atoms with E-state index in [0.717, 1.165) is 31.6 Å². The lowest BCUT2D eigenvalue weighted by molar-refractivity contribution is 0.0988. The Morgan fingerprint density at radius 2 is 1.84 bits per heavy atom. The molecular weight excluding hydrogens is 623 g/mol. The molecule has 0 saturated carbocycles. The molecule has 12 heteroatoms. The lowest BCUT2D eigenvalue weighted by Crippen LogP contribution is -2.49. The number of benzene rings is 2. The number of anilines is 3. The van der Waals surface area contributed by atoms with Crippen LogP contribution in [-0.4, -0.2) is 39.5 Å². The molecule has 1 aliphatic heterocycles. The fourth-order valence-corrected chi connectivity index (χ4v) is 6.30. The van der Waals surface area contributed by atoms with Gasteiger partial charge in [-0.05, 0) is 63.9 Å². The van der Waals surface area contributed by atoms with Crippen LogP contribution in [0.3, 0.4) is 0 Å². The molecule has 0 unspecified atom stereocenters. The Balaban J connectivity index is 1.44.